The maximum Gasteiger partial charge on any atom is 0.416 e. The summed E-state index contributed by atoms with van der Waals surface area (Å²) >= 11 is 0. The molecule has 0 amide bonds. The molecule has 0 fully saturated rings. The van der Waals surface area contributed by atoms with Gasteiger partial charge < -0.3 is 15.4 Å². The van der Waals surface area contributed by atoms with E-state index in [1.807, 2.05) is 0 Å². The Kier molecular flexibility index (Phi) is 8.51. The number of halogens is 4. The van der Waals surface area contributed by atoms with E-state index in [1.54, 1.807) is 31.3 Å². The average Bonchev–Trinajstić information content (AvgIpc) is 2.78. The van der Waals surface area contributed by atoms with Crippen molar-refractivity contribution in [2.24, 2.45) is 5.10 Å². The van der Waals surface area contributed by atoms with Gasteiger partial charge in [0.2, 0.25) is 17.8 Å². The van der Waals surface area contributed by atoms with E-state index in [2.05, 4.69) is 40.8 Å². The molecule has 0 unspecified atom stereocenters. The quantitative estimate of drug-likeness (QED) is 0.259. The molecule has 0 atom stereocenters. The number of ether oxygens (including phenoxy) is 1. The highest BCUT2D eigenvalue weighted by Crippen LogP contribution is 2.31. The third kappa shape index (κ3) is 7.04. The van der Waals surface area contributed by atoms with Gasteiger partial charge in [-0.25, -0.2) is 10.2 Å². The fourth-order valence-corrected chi connectivity index (χ4v) is 2.48. The fraction of sp³-hybridized carbons (Fsp3) is 0.150. The summed E-state index contributed by atoms with van der Waals surface area (Å²) in [5.74, 6) is -0.197. The Hall–Kier alpha value is -3.93. The molecule has 1 aromatic heterocycles. The molecule has 0 saturated heterocycles. The van der Waals surface area contributed by atoms with Crippen LogP contribution in [0.5, 0.6) is 0 Å². The van der Waals surface area contributed by atoms with Crippen LogP contribution in [0, 0.1) is 0 Å². The van der Waals surface area contributed by atoms with Gasteiger partial charge in [-0.05, 0) is 35.9 Å². The Bertz CT molecular complexity index is 1130. The number of esters is 1. The molecule has 0 radical (unpaired) electrons. The van der Waals surface area contributed by atoms with Crippen LogP contribution in [0.3, 0.4) is 0 Å². The minimum atomic E-state index is -4.47. The number of hydrazone groups is 1. The highest BCUT2D eigenvalue weighted by molar-refractivity contribution is 5.90. The van der Waals surface area contributed by atoms with Gasteiger partial charge in [0, 0.05) is 12.7 Å². The molecule has 2 aromatic carbocycles. The summed E-state index contributed by atoms with van der Waals surface area (Å²) in [6.07, 6.45) is -2.99. The van der Waals surface area contributed by atoms with Crippen LogP contribution in [0.1, 0.15) is 21.5 Å². The molecule has 0 spiro atoms. The van der Waals surface area contributed by atoms with Crippen molar-refractivity contribution in [3.05, 3.63) is 65.2 Å². The first-order chi connectivity index (χ1) is 15.3. The highest BCUT2D eigenvalue weighted by atomic mass is 35.5. The van der Waals surface area contributed by atoms with Gasteiger partial charge in [0.05, 0.1) is 24.5 Å². The first-order valence-corrected chi connectivity index (χ1v) is 9.14. The number of hydrogen-bond donors (Lipinski definition) is 3. The summed E-state index contributed by atoms with van der Waals surface area (Å²) in [6, 6.07) is 11.2. The minimum Gasteiger partial charge on any atom is -0.465 e. The second-order valence-electron chi connectivity index (χ2n) is 6.24. The third-order valence-corrected chi connectivity index (χ3v) is 4.02. The maximum atomic E-state index is 12.9. The molecule has 9 nitrogen and oxygen atoms in total. The minimum absolute atomic E-state index is 0. The number of nitrogens with zero attached hydrogens (tertiary/aromatic N) is 4. The zero-order valence-corrected chi connectivity index (χ0v) is 18.2. The number of anilines is 4. The number of rotatable bonds is 7. The topological polar surface area (TPSA) is 113 Å². The number of nitrogens with one attached hydrogen (secondary N) is 3. The number of aromatic nitrogens is 3. The molecule has 3 N–H and O–H groups in total. The van der Waals surface area contributed by atoms with Crippen molar-refractivity contribution in [3.8, 4) is 0 Å². The number of carbonyl (C=O) groups is 1. The van der Waals surface area contributed by atoms with Crippen LogP contribution in [0.2, 0.25) is 0 Å². The zero-order chi connectivity index (χ0) is 23.1. The second kappa shape index (κ2) is 11.1. The van der Waals surface area contributed by atoms with Crippen molar-refractivity contribution < 1.29 is 22.7 Å². The smallest absolute Gasteiger partial charge is 0.416 e. The van der Waals surface area contributed by atoms with Crippen molar-refractivity contribution >= 4 is 48.1 Å². The number of hydrogen-bond acceptors (Lipinski definition) is 9. The fourth-order valence-electron chi connectivity index (χ4n) is 2.48. The molecule has 1 heterocycles. The normalized spacial score (nSPS) is 10.9. The lowest BCUT2D eigenvalue weighted by molar-refractivity contribution is -0.137. The molecule has 0 bridgehead atoms. The van der Waals surface area contributed by atoms with E-state index in [1.165, 1.54) is 25.5 Å². The van der Waals surface area contributed by atoms with Crippen LogP contribution in [0.4, 0.5) is 36.7 Å². The first kappa shape index (κ1) is 25.3. The van der Waals surface area contributed by atoms with Gasteiger partial charge >= 0.3 is 12.1 Å². The molecule has 3 aromatic rings. The third-order valence-electron chi connectivity index (χ3n) is 4.02. The largest absolute Gasteiger partial charge is 0.465 e. The summed E-state index contributed by atoms with van der Waals surface area (Å²) < 4.78 is 43.4. The van der Waals surface area contributed by atoms with E-state index in [4.69, 9.17) is 0 Å². The number of alkyl halides is 3. The second-order valence-corrected chi connectivity index (χ2v) is 6.24. The van der Waals surface area contributed by atoms with Crippen LogP contribution < -0.4 is 16.1 Å². The monoisotopic (exact) mass is 481 g/mol. The van der Waals surface area contributed by atoms with Crippen LogP contribution in [0.25, 0.3) is 0 Å². The van der Waals surface area contributed by atoms with E-state index < -0.39 is 17.7 Å². The Morgan fingerprint density at radius 2 is 1.70 bits per heavy atom. The van der Waals surface area contributed by atoms with Gasteiger partial charge in [-0.2, -0.15) is 33.2 Å². The Morgan fingerprint density at radius 1 is 1.03 bits per heavy atom. The number of methoxy groups -OCH3 is 1. The average molecular weight is 482 g/mol. The lowest BCUT2D eigenvalue weighted by Gasteiger charge is -2.11. The van der Waals surface area contributed by atoms with Gasteiger partial charge in [-0.1, -0.05) is 18.2 Å². The Labute approximate surface area is 192 Å². The van der Waals surface area contributed by atoms with Crippen molar-refractivity contribution in [1.29, 1.82) is 0 Å². The number of benzene rings is 2. The van der Waals surface area contributed by atoms with Crippen molar-refractivity contribution in [3.63, 3.8) is 0 Å². The van der Waals surface area contributed by atoms with E-state index in [-0.39, 0.29) is 35.9 Å². The highest BCUT2D eigenvalue weighted by Gasteiger charge is 2.30. The molecular weight excluding hydrogens is 463 g/mol. The van der Waals surface area contributed by atoms with Gasteiger partial charge in [0.25, 0.3) is 0 Å². The molecule has 0 saturated carbocycles. The van der Waals surface area contributed by atoms with E-state index in [0.29, 0.717) is 11.1 Å². The van der Waals surface area contributed by atoms with Crippen LogP contribution in [0.15, 0.2) is 53.6 Å². The summed E-state index contributed by atoms with van der Waals surface area (Å²) in [5, 5.41) is 9.49. The lowest BCUT2D eigenvalue weighted by Crippen LogP contribution is -2.08. The van der Waals surface area contributed by atoms with Gasteiger partial charge in [0.15, 0.2) is 0 Å². The molecular formula is C20H19ClF3N7O2. The molecule has 0 aliphatic rings. The predicted molar refractivity (Wildman–Crippen MR) is 120 cm³/mol. The molecule has 0 aliphatic heterocycles. The standard InChI is InChI=1S/C20H18F3N7O2.ClH/c1-24-17-27-18(26-15-5-3-4-14(10-15)20(21,22)23)29-19(28-17)30-25-11-12-6-8-13(9-7-12)16(31)32-2;/h3-11H,1-2H3,(H3,24,26,27,28,29,30);1H. The van der Waals surface area contributed by atoms with Crippen molar-refractivity contribution in [1.82, 2.24) is 15.0 Å². The van der Waals surface area contributed by atoms with Crippen LogP contribution >= 0.6 is 12.4 Å². The molecule has 174 valence electrons. The van der Waals surface area contributed by atoms with Gasteiger partial charge in [-0.15, -0.1) is 12.4 Å². The van der Waals surface area contributed by atoms with E-state index in [0.717, 1.165) is 12.1 Å². The predicted octanol–water partition coefficient (Wildman–Crippen LogP) is 4.33. The zero-order valence-electron chi connectivity index (χ0n) is 17.3. The molecule has 3 rings (SSSR count). The number of carbonyl (C=O) groups excluding carboxylic acids is 1. The molecule has 13 heteroatoms. The van der Waals surface area contributed by atoms with Crippen LogP contribution in [-0.2, 0) is 10.9 Å². The van der Waals surface area contributed by atoms with Gasteiger partial charge in [-0.3, -0.25) is 0 Å². The SMILES string of the molecule is CNc1nc(NN=Cc2ccc(C(=O)OC)cc2)nc(Nc2cccc(C(F)(F)F)c2)n1.Cl. The summed E-state index contributed by atoms with van der Waals surface area (Å²) in [4.78, 5) is 23.7. The summed E-state index contributed by atoms with van der Waals surface area (Å²) in [5.41, 5.74) is 3.09. The van der Waals surface area contributed by atoms with E-state index in [9.17, 15) is 18.0 Å². The Balaban J connectivity index is 0.00000385. The lowest BCUT2D eigenvalue weighted by atomic mass is 10.1. The van der Waals surface area contributed by atoms with Gasteiger partial charge in [0.1, 0.15) is 0 Å². The maximum absolute atomic E-state index is 12.9. The van der Waals surface area contributed by atoms with Crippen molar-refractivity contribution in [2.75, 3.05) is 30.2 Å². The van der Waals surface area contributed by atoms with Crippen LogP contribution in [-0.4, -0.2) is 41.3 Å². The molecule has 33 heavy (non-hydrogen) atoms. The summed E-state index contributed by atoms with van der Waals surface area (Å²) in [6.45, 7) is 0. The summed E-state index contributed by atoms with van der Waals surface area (Å²) in [7, 11) is 2.88. The van der Waals surface area contributed by atoms with E-state index >= 15 is 0 Å². The Morgan fingerprint density at radius 3 is 2.33 bits per heavy atom. The molecule has 0 aliphatic carbocycles. The first-order valence-electron chi connectivity index (χ1n) is 9.14. The van der Waals surface area contributed by atoms with Crippen molar-refractivity contribution in [2.45, 2.75) is 6.18 Å².